The molecule has 3 N–H and O–H groups in total. The Balaban J connectivity index is 2.38. The monoisotopic (exact) mass is 241 g/mol. The smallest absolute Gasteiger partial charge is 0.125 e. The Kier molecular flexibility index (Phi) is 3.19. The van der Waals surface area contributed by atoms with E-state index in [1.54, 1.807) is 11.8 Å². The molecule has 0 saturated heterocycles. The Morgan fingerprint density at radius 1 is 1.60 bits per heavy atom. The third kappa shape index (κ3) is 2.27. The van der Waals surface area contributed by atoms with Crippen LogP contribution in [0.25, 0.3) is 11.0 Å². The second-order valence-electron chi connectivity index (χ2n) is 3.35. The molecule has 5 heteroatoms. The van der Waals surface area contributed by atoms with Crippen LogP contribution >= 0.6 is 23.4 Å². The molecule has 3 nitrogen and oxygen atoms in total. The maximum absolute atomic E-state index is 5.96. The first-order chi connectivity index (χ1) is 7.20. The van der Waals surface area contributed by atoms with Crippen LogP contribution in [-0.2, 0) is 0 Å². The molecular formula is C10H12ClN3S. The van der Waals surface area contributed by atoms with Crippen molar-refractivity contribution in [1.82, 2.24) is 9.97 Å². The largest absolute Gasteiger partial charge is 0.341 e. The Labute approximate surface area is 97.4 Å². The summed E-state index contributed by atoms with van der Waals surface area (Å²) in [7, 11) is 0. The Hall–Kier alpha value is -0.710. The van der Waals surface area contributed by atoms with Crippen molar-refractivity contribution in [3.63, 3.8) is 0 Å². The number of aromatic amines is 1. The summed E-state index contributed by atoms with van der Waals surface area (Å²) in [6.07, 6.45) is 2.03. The topological polar surface area (TPSA) is 54.7 Å². The standard InChI is InChI=1S/C10H12ClN3S/c1-15-5-7(12)10-13-8-3-2-6(11)4-9(8)14-10/h2-4,7H,5,12H2,1H3,(H,13,14)/t7-/m0/s1. The zero-order valence-corrected chi connectivity index (χ0v) is 9.90. The predicted octanol–water partition coefficient (Wildman–Crippen LogP) is 2.58. The van der Waals surface area contributed by atoms with E-state index in [2.05, 4.69) is 9.97 Å². The lowest BCUT2D eigenvalue weighted by molar-refractivity contribution is 0.772. The van der Waals surface area contributed by atoms with Gasteiger partial charge in [-0.15, -0.1) is 0 Å². The summed E-state index contributed by atoms with van der Waals surface area (Å²) < 4.78 is 0. The number of nitrogens with two attached hydrogens (primary N) is 1. The molecule has 0 spiro atoms. The van der Waals surface area contributed by atoms with E-state index >= 15 is 0 Å². The van der Waals surface area contributed by atoms with Gasteiger partial charge in [0.1, 0.15) is 5.82 Å². The molecule has 80 valence electrons. The van der Waals surface area contributed by atoms with E-state index in [0.717, 1.165) is 22.6 Å². The molecule has 0 fully saturated rings. The highest BCUT2D eigenvalue weighted by Gasteiger charge is 2.10. The lowest BCUT2D eigenvalue weighted by Crippen LogP contribution is -2.14. The number of H-pyrrole nitrogens is 1. The van der Waals surface area contributed by atoms with Gasteiger partial charge >= 0.3 is 0 Å². The Morgan fingerprint density at radius 2 is 2.40 bits per heavy atom. The summed E-state index contributed by atoms with van der Waals surface area (Å²) in [6.45, 7) is 0. The highest BCUT2D eigenvalue weighted by Crippen LogP contribution is 2.20. The number of rotatable bonds is 3. The van der Waals surface area contributed by atoms with E-state index in [4.69, 9.17) is 17.3 Å². The molecule has 1 aromatic heterocycles. The maximum Gasteiger partial charge on any atom is 0.125 e. The van der Waals surface area contributed by atoms with E-state index in [1.165, 1.54) is 0 Å². The van der Waals surface area contributed by atoms with Crippen molar-refractivity contribution in [1.29, 1.82) is 0 Å². The van der Waals surface area contributed by atoms with Crippen LogP contribution < -0.4 is 5.73 Å². The van der Waals surface area contributed by atoms with Gasteiger partial charge in [0.15, 0.2) is 0 Å². The molecule has 0 aliphatic heterocycles. The number of nitrogens with one attached hydrogen (secondary N) is 1. The number of hydrogen-bond acceptors (Lipinski definition) is 3. The number of fused-ring (bicyclic) bond motifs is 1. The van der Waals surface area contributed by atoms with Gasteiger partial charge in [-0.1, -0.05) is 11.6 Å². The average Bonchev–Trinajstić information content (AvgIpc) is 2.60. The summed E-state index contributed by atoms with van der Waals surface area (Å²) in [4.78, 5) is 7.61. The number of imidazole rings is 1. The zero-order valence-electron chi connectivity index (χ0n) is 8.33. The van der Waals surface area contributed by atoms with Crippen LogP contribution in [0.4, 0.5) is 0 Å². The van der Waals surface area contributed by atoms with Gasteiger partial charge < -0.3 is 10.7 Å². The maximum atomic E-state index is 5.96. The van der Waals surface area contributed by atoms with Crippen LogP contribution in [0.1, 0.15) is 11.9 Å². The molecule has 0 aliphatic carbocycles. The minimum atomic E-state index is -0.0498. The molecule has 2 rings (SSSR count). The molecule has 1 aromatic carbocycles. The number of halogens is 1. The molecule has 1 heterocycles. The van der Waals surface area contributed by atoms with Crippen molar-refractivity contribution in [3.8, 4) is 0 Å². The number of nitrogens with zero attached hydrogens (tertiary/aromatic N) is 1. The third-order valence-electron chi connectivity index (χ3n) is 2.16. The van der Waals surface area contributed by atoms with Crippen LogP contribution in [0.2, 0.25) is 5.02 Å². The number of hydrogen-bond donors (Lipinski definition) is 2. The van der Waals surface area contributed by atoms with Crippen molar-refractivity contribution in [2.75, 3.05) is 12.0 Å². The van der Waals surface area contributed by atoms with Crippen LogP contribution in [0.5, 0.6) is 0 Å². The van der Waals surface area contributed by atoms with E-state index in [0.29, 0.717) is 5.02 Å². The molecule has 2 aromatic rings. The molecule has 0 amide bonds. The minimum Gasteiger partial charge on any atom is -0.341 e. The fourth-order valence-electron chi connectivity index (χ4n) is 1.43. The lowest BCUT2D eigenvalue weighted by atomic mass is 10.3. The van der Waals surface area contributed by atoms with Gasteiger partial charge in [0.2, 0.25) is 0 Å². The van der Waals surface area contributed by atoms with Crippen molar-refractivity contribution in [3.05, 3.63) is 29.0 Å². The van der Waals surface area contributed by atoms with E-state index in [9.17, 15) is 0 Å². The van der Waals surface area contributed by atoms with Gasteiger partial charge in [0, 0.05) is 10.8 Å². The Bertz CT molecular complexity index is 469. The quantitative estimate of drug-likeness (QED) is 0.869. The first-order valence-corrected chi connectivity index (χ1v) is 6.37. The highest BCUT2D eigenvalue weighted by atomic mass is 35.5. The minimum absolute atomic E-state index is 0.0498. The first kappa shape index (κ1) is 10.8. The molecule has 0 saturated carbocycles. The van der Waals surface area contributed by atoms with Crippen molar-refractivity contribution in [2.45, 2.75) is 6.04 Å². The van der Waals surface area contributed by atoms with E-state index in [1.807, 2.05) is 24.5 Å². The first-order valence-electron chi connectivity index (χ1n) is 4.60. The summed E-state index contributed by atoms with van der Waals surface area (Å²) in [6, 6.07) is 5.54. The van der Waals surface area contributed by atoms with Gasteiger partial charge in [-0.25, -0.2) is 4.98 Å². The van der Waals surface area contributed by atoms with Gasteiger partial charge in [-0.3, -0.25) is 0 Å². The van der Waals surface area contributed by atoms with Crippen molar-refractivity contribution >= 4 is 34.4 Å². The van der Waals surface area contributed by atoms with Gasteiger partial charge in [-0.2, -0.15) is 11.8 Å². The second-order valence-corrected chi connectivity index (χ2v) is 4.69. The molecule has 0 bridgehead atoms. The summed E-state index contributed by atoms with van der Waals surface area (Å²) in [5, 5.41) is 0.694. The van der Waals surface area contributed by atoms with Gasteiger partial charge in [-0.05, 0) is 24.5 Å². The highest BCUT2D eigenvalue weighted by molar-refractivity contribution is 7.98. The molecule has 0 unspecified atom stereocenters. The van der Waals surface area contributed by atoms with Gasteiger partial charge in [0.25, 0.3) is 0 Å². The van der Waals surface area contributed by atoms with Crippen molar-refractivity contribution < 1.29 is 0 Å². The predicted molar refractivity (Wildman–Crippen MR) is 66.4 cm³/mol. The van der Waals surface area contributed by atoms with E-state index < -0.39 is 0 Å². The van der Waals surface area contributed by atoms with Crippen LogP contribution in [-0.4, -0.2) is 22.0 Å². The van der Waals surface area contributed by atoms with E-state index in [-0.39, 0.29) is 6.04 Å². The normalized spacial score (nSPS) is 13.3. The zero-order chi connectivity index (χ0) is 10.8. The third-order valence-corrected chi connectivity index (χ3v) is 3.09. The SMILES string of the molecule is CSC[C@H](N)c1nc2cc(Cl)ccc2[nH]1. The van der Waals surface area contributed by atoms with Crippen LogP contribution in [0, 0.1) is 0 Å². The summed E-state index contributed by atoms with van der Waals surface area (Å²) in [5.74, 6) is 1.68. The number of aromatic nitrogens is 2. The molecule has 1 atom stereocenters. The average molecular weight is 242 g/mol. The van der Waals surface area contributed by atoms with Gasteiger partial charge in [0.05, 0.1) is 17.1 Å². The second kappa shape index (κ2) is 4.43. The summed E-state index contributed by atoms with van der Waals surface area (Å²) >= 11 is 7.59. The molecule has 15 heavy (non-hydrogen) atoms. The fraction of sp³-hybridized carbons (Fsp3) is 0.300. The van der Waals surface area contributed by atoms with Crippen LogP contribution in [0.3, 0.4) is 0 Å². The lowest BCUT2D eigenvalue weighted by Gasteiger charge is -2.04. The number of thioether (sulfide) groups is 1. The molecule has 0 radical (unpaired) electrons. The molecular weight excluding hydrogens is 230 g/mol. The summed E-state index contributed by atoms with van der Waals surface area (Å²) in [5.41, 5.74) is 7.81. The van der Waals surface area contributed by atoms with Crippen molar-refractivity contribution in [2.24, 2.45) is 5.73 Å². The van der Waals surface area contributed by atoms with Crippen LogP contribution in [0.15, 0.2) is 18.2 Å². The number of benzene rings is 1. The molecule has 0 aliphatic rings. The fourth-order valence-corrected chi connectivity index (χ4v) is 2.12. The Morgan fingerprint density at radius 3 is 3.13 bits per heavy atom.